The minimum atomic E-state index is -1.01. The second-order valence-corrected chi connectivity index (χ2v) is 4.63. The molecule has 0 aromatic heterocycles. The van der Waals surface area contributed by atoms with Crippen LogP contribution in [0.15, 0.2) is 48.5 Å². The lowest BCUT2D eigenvalue weighted by atomic mass is 10.2. The molecule has 8 heteroatoms. The highest BCUT2D eigenvalue weighted by atomic mass is 35.5. The van der Waals surface area contributed by atoms with Gasteiger partial charge in [0.2, 0.25) is 0 Å². The maximum absolute atomic E-state index is 11.8. The number of benzene rings is 2. The van der Waals surface area contributed by atoms with Gasteiger partial charge in [-0.05, 0) is 30.3 Å². The third-order valence-electron chi connectivity index (χ3n) is 2.66. The van der Waals surface area contributed by atoms with Crippen molar-refractivity contribution in [2.75, 3.05) is 10.6 Å². The van der Waals surface area contributed by atoms with Crippen molar-refractivity contribution >= 4 is 40.5 Å². The van der Waals surface area contributed by atoms with Crippen LogP contribution in [0.4, 0.5) is 17.1 Å². The summed E-state index contributed by atoms with van der Waals surface area (Å²) in [5.74, 6) is -1.95. The summed E-state index contributed by atoms with van der Waals surface area (Å²) in [5, 5.41) is 15.9. The number of amides is 2. The predicted octanol–water partition coefficient (Wildman–Crippen LogP) is 2.83. The van der Waals surface area contributed by atoms with E-state index in [0.717, 1.165) is 0 Å². The minimum Gasteiger partial charge on any atom is -0.318 e. The number of para-hydroxylation sites is 2. The van der Waals surface area contributed by atoms with Crippen LogP contribution in [-0.2, 0) is 9.59 Å². The van der Waals surface area contributed by atoms with E-state index >= 15 is 0 Å². The van der Waals surface area contributed by atoms with Crippen LogP contribution in [0.3, 0.4) is 0 Å². The van der Waals surface area contributed by atoms with E-state index in [9.17, 15) is 19.7 Å². The van der Waals surface area contributed by atoms with Crippen LogP contribution >= 0.6 is 11.6 Å². The van der Waals surface area contributed by atoms with E-state index in [4.69, 9.17) is 11.6 Å². The molecular formula is C14H10ClN3O4. The lowest BCUT2D eigenvalue weighted by Crippen LogP contribution is -2.29. The third kappa shape index (κ3) is 3.80. The van der Waals surface area contributed by atoms with Crippen molar-refractivity contribution in [1.29, 1.82) is 0 Å². The number of anilines is 2. The van der Waals surface area contributed by atoms with Crippen LogP contribution in [-0.4, -0.2) is 16.7 Å². The van der Waals surface area contributed by atoms with Gasteiger partial charge in [0.1, 0.15) is 5.69 Å². The first-order valence-corrected chi connectivity index (χ1v) is 6.46. The maximum Gasteiger partial charge on any atom is 0.314 e. The molecule has 0 unspecified atom stereocenters. The zero-order valence-electron chi connectivity index (χ0n) is 11.1. The molecule has 0 atom stereocenters. The quantitative estimate of drug-likeness (QED) is 0.516. The highest BCUT2D eigenvalue weighted by Gasteiger charge is 2.19. The summed E-state index contributed by atoms with van der Waals surface area (Å²) in [6.07, 6.45) is 0. The van der Waals surface area contributed by atoms with Gasteiger partial charge in [-0.2, -0.15) is 0 Å². The molecule has 0 aliphatic rings. The summed E-state index contributed by atoms with van der Waals surface area (Å²) in [6.45, 7) is 0. The monoisotopic (exact) mass is 319 g/mol. The minimum absolute atomic E-state index is 0.0521. The van der Waals surface area contributed by atoms with Crippen LogP contribution in [0.1, 0.15) is 0 Å². The topological polar surface area (TPSA) is 101 Å². The van der Waals surface area contributed by atoms with Crippen LogP contribution < -0.4 is 10.6 Å². The average molecular weight is 320 g/mol. The third-order valence-corrected chi connectivity index (χ3v) is 2.91. The molecule has 0 heterocycles. The van der Waals surface area contributed by atoms with Gasteiger partial charge in [-0.15, -0.1) is 0 Å². The fourth-order valence-corrected chi connectivity index (χ4v) is 1.76. The molecule has 2 rings (SSSR count). The molecule has 0 saturated heterocycles. The zero-order valence-corrected chi connectivity index (χ0v) is 11.8. The van der Waals surface area contributed by atoms with Crippen molar-refractivity contribution in [2.24, 2.45) is 0 Å². The van der Waals surface area contributed by atoms with Gasteiger partial charge < -0.3 is 10.6 Å². The Morgan fingerprint density at radius 1 is 0.955 bits per heavy atom. The molecule has 22 heavy (non-hydrogen) atoms. The second-order valence-electron chi connectivity index (χ2n) is 4.19. The van der Waals surface area contributed by atoms with Gasteiger partial charge in [-0.3, -0.25) is 19.7 Å². The van der Waals surface area contributed by atoms with Gasteiger partial charge in [0, 0.05) is 16.8 Å². The Balaban J connectivity index is 2.07. The standard InChI is InChI=1S/C14H10ClN3O4/c15-9-5-7-10(8-6-9)16-13(19)14(20)17-11-3-1-2-4-12(11)18(21)22/h1-8H,(H,16,19)(H,17,20). The van der Waals surface area contributed by atoms with Gasteiger partial charge >= 0.3 is 11.8 Å². The highest BCUT2D eigenvalue weighted by Crippen LogP contribution is 2.23. The van der Waals surface area contributed by atoms with Crippen molar-refractivity contribution in [3.63, 3.8) is 0 Å². The predicted molar refractivity (Wildman–Crippen MR) is 81.8 cm³/mol. The Morgan fingerprint density at radius 3 is 2.18 bits per heavy atom. The highest BCUT2D eigenvalue weighted by molar-refractivity contribution is 6.43. The maximum atomic E-state index is 11.8. The van der Waals surface area contributed by atoms with Crippen LogP contribution in [0.25, 0.3) is 0 Å². The van der Waals surface area contributed by atoms with Crippen molar-refractivity contribution < 1.29 is 14.5 Å². The Labute approximate surface area is 130 Å². The summed E-state index contributed by atoms with van der Waals surface area (Å²) in [6, 6.07) is 11.7. The van der Waals surface area contributed by atoms with Crippen molar-refractivity contribution in [1.82, 2.24) is 0 Å². The molecular weight excluding hydrogens is 310 g/mol. The first-order valence-electron chi connectivity index (χ1n) is 6.08. The van der Waals surface area contributed by atoms with E-state index in [0.29, 0.717) is 10.7 Å². The summed E-state index contributed by atoms with van der Waals surface area (Å²) in [5.41, 5.74) is 0.0333. The van der Waals surface area contributed by atoms with Crippen LogP contribution in [0.2, 0.25) is 5.02 Å². The molecule has 2 aromatic rings. The molecule has 0 saturated carbocycles. The summed E-state index contributed by atoms with van der Waals surface area (Å²) < 4.78 is 0. The largest absolute Gasteiger partial charge is 0.318 e. The van der Waals surface area contributed by atoms with Gasteiger partial charge in [0.05, 0.1) is 4.92 Å². The molecule has 0 aliphatic carbocycles. The van der Waals surface area contributed by atoms with E-state index in [2.05, 4.69) is 10.6 Å². The average Bonchev–Trinajstić information content (AvgIpc) is 2.49. The Morgan fingerprint density at radius 2 is 1.55 bits per heavy atom. The van der Waals surface area contributed by atoms with E-state index in [1.165, 1.54) is 36.4 Å². The van der Waals surface area contributed by atoms with E-state index in [-0.39, 0.29) is 11.4 Å². The Kier molecular flexibility index (Phi) is 4.70. The molecule has 0 bridgehead atoms. The van der Waals surface area contributed by atoms with Gasteiger partial charge in [-0.25, -0.2) is 0 Å². The first kappa shape index (κ1) is 15.5. The summed E-state index contributed by atoms with van der Waals surface area (Å²) >= 11 is 5.71. The molecule has 2 amide bonds. The molecule has 0 radical (unpaired) electrons. The molecule has 2 N–H and O–H groups in total. The van der Waals surface area contributed by atoms with Crippen LogP contribution in [0.5, 0.6) is 0 Å². The zero-order chi connectivity index (χ0) is 16.1. The van der Waals surface area contributed by atoms with Crippen molar-refractivity contribution in [3.05, 3.63) is 63.7 Å². The van der Waals surface area contributed by atoms with Crippen molar-refractivity contribution in [2.45, 2.75) is 0 Å². The van der Waals surface area contributed by atoms with Crippen LogP contribution in [0, 0.1) is 10.1 Å². The van der Waals surface area contributed by atoms with E-state index < -0.39 is 16.7 Å². The summed E-state index contributed by atoms with van der Waals surface area (Å²) in [7, 11) is 0. The normalized spacial score (nSPS) is 9.86. The lowest BCUT2D eigenvalue weighted by molar-refractivity contribution is -0.383. The number of hydrogen-bond donors (Lipinski definition) is 2. The first-order chi connectivity index (χ1) is 10.5. The molecule has 0 fully saturated rings. The molecule has 112 valence electrons. The molecule has 0 aliphatic heterocycles. The number of nitrogens with zero attached hydrogens (tertiary/aromatic N) is 1. The van der Waals surface area contributed by atoms with Gasteiger partial charge in [0.25, 0.3) is 5.69 Å². The number of carbonyl (C=O) groups is 2. The van der Waals surface area contributed by atoms with E-state index in [1.807, 2.05) is 0 Å². The molecule has 2 aromatic carbocycles. The smallest absolute Gasteiger partial charge is 0.314 e. The number of hydrogen-bond acceptors (Lipinski definition) is 4. The SMILES string of the molecule is O=C(Nc1ccc(Cl)cc1)C(=O)Nc1ccccc1[N+](=O)[O-]. The Bertz CT molecular complexity index is 731. The fourth-order valence-electron chi connectivity index (χ4n) is 1.64. The molecule has 0 spiro atoms. The number of nitro benzene ring substituents is 1. The summed E-state index contributed by atoms with van der Waals surface area (Å²) in [4.78, 5) is 33.7. The number of carbonyl (C=O) groups excluding carboxylic acids is 2. The molecule has 7 nitrogen and oxygen atoms in total. The van der Waals surface area contributed by atoms with Crippen molar-refractivity contribution in [3.8, 4) is 0 Å². The fraction of sp³-hybridized carbons (Fsp3) is 0. The Hall–Kier alpha value is -2.93. The number of nitrogens with one attached hydrogen (secondary N) is 2. The van der Waals surface area contributed by atoms with E-state index in [1.54, 1.807) is 12.1 Å². The number of rotatable bonds is 3. The van der Waals surface area contributed by atoms with Gasteiger partial charge in [0.15, 0.2) is 0 Å². The van der Waals surface area contributed by atoms with Gasteiger partial charge in [-0.1, -0.05) is 23.7 Å². The second kappa shape index (κ2) is 6.68. The number of nitro groups is 1. The lowest BCUT2D eigenvalue weighted by Gasteiger charge is -2.07. The number of halogens is 1.